The molecule has 0 aliphatic carbocycles. The minimum absolute atomic E-state index is 0.00222. The van der Waals surface area contributed by atoms with Crippen molar-refractivity contribution in [3.05, 3.63) is 120 Å². The SMILES string of the molecule is C[C@H]([C@H](CC=Cc1nc2ccccc2o1)c1ccc2c(c1)OCO2)N(Cc1ccc2ccccc2c1)C(=O)C(O)C(=CC(=O)O)C(=O)O. The van der Waals surface area contributed by atoms with Crippen molar-refractivity contribution < 1.29 is 43.6 Å². The fourth-order valence-electron chi connectivity index (χ4n) is 5.89. The van der Waals surface area contributed by atoms with Crippen molar-refractivity contribution in [1.82, 2.24) is 9.88 Å². The number of rotatable bonds is 12. The molecule has 244 valence electrons. The number of carbonyl (C=O) groups excluding carboxylic acids is 1. The first-order valence-electron chi connectivity index (χ1n) is 15.2. The smallest absolute Gasteiger partial charge is 0.335 e. The van der Waals surface area contributed by atoms with Crippen LogP contribution in [0.2, 0.25) is 0 Å². The van der Waals surface area contributed by atoms with E-state index in [1.165, 1.54) is 4.90 Å². The highest BCUT2D eigenvalue weighted by molar-refractivity contribution is 6.02. The van der Waals surface area contributed by atoms with Crippen molar-refractivity contribution in [1.29, 1.82) is 0 Å². The molecule has 3 N–H and O–H groups in total. The number of nitrogens with zero attached hydrogens (tertiary/aromatic N) is 2. The highest BCUT2D eigenvalue weighted by atomic mass is 16.7. The summed E-state index contributed by atoms with van der Waals surface area (Å²) in [4.78, 5) is 43.4. The van der Waals surface area contributed by atoms with Gasteiger partial charge in [0.2, 0.25) is 12.7 Å². The van der Waals surface area contributed by atoms with Gasteiger partial charge >= 0.3 is 11.9 Å². The van der Waals surface area contributed by atoms with Gasteiger partial charge in [-0.3, -0.25) is 4.79 Å². The van der Waals surface area contributed by atoms with Gasteiger partial charge in [-0.05, 0) is 71.7 Å². The molecular weight excluding hydrogens is 616 g/mol. The van der Waals surface area contributed by atoms with E-state index in [1.54, 1.807) is 19.1 Å². The van der Waals surface area contributed by atoms with Gasteiger partial charge in [-0.15, -0.1) is 0 Å². The fourth-order valence-corrected chi connectivity index (χ4v) is 5.89. The molecule has 0 spiro atoms. The number of aliphatic hydroxyl groups is 1. The normalized spacial score (nSPS) is 14.7. The summed E-state index contributed by atoms with van der Waals surface area (Å²) in [5.74, 6) is -3.18. The summed E-state index contributed by atoms with van der Waals surface area (Å²) in [7, 11) is 0. The minimum Gasteiger partial charge on any atom is -0.478 e. The van der Waals surface area contributed by atoms with Crippen LogP contribution in [0.5, 0.6) is 11.5 Å². The Labute approximate surface area is 275 Å². The van der Waals surface area contributed by atoms with Crippen molar-refractivity contribution in [3.8, 4) is 11.5 Å². The summed E-state index contributed by atoms with van der Waals surface area (Å²) in [6.07, 6.45) is 2.08. The first kappa shape index (κ1) is 32.0. The van der Waals surface area contributed by atoms with Crippen molar-refractivity contribution in [2.24, 2.45) is 0 Å². The van der Waals surface area contributed by atoms with Gasteiger partial charge in [0.1, 0.15) is 5.52 Å². The number of hydrogen-bond donors (Lipinski definition) is 3. The van der Waals surface area contributed by atoms with Crippen LogP contribution in [0.3, 0.4) is 0 Å². The third-order valence-corrected chi connectivity index (χ3v) is 8.36. The van der Waals surface area contributed by atoms with Gasteiger partial charge in [-0.2, -0.15) is 0 Å². The first-order valence-corrected chi connectivity index (χ1v) is 15.2. The molecule has 0 saturated heterocycles. The van der Waals surface area contributed by atoms with Crippen LogP contribution in [-0.2, 0) is 20.9 Å². The molecular formula is C37H32N2O9. The third kappa shape index (κ3) is 6.91. The Morgan fingerprint density at radius 3 is 2.44 bits per heavy atom. The zero-order valence-corrected chi connectivity index (χ0v) is 25.9. The summed E-state index contributed by atoms with van der Waals surface area (Å²) in [5.41, 5.74) is 1.93. The second kappa shape index (κ2) is 13.8. The molecule has 1 unspecified atom stereocenters. The Morgan fingerprint density at radius 2 is 1.67 bits per heavy atom. The van der Waals surface area contributed by atoms with Crippen LogP contribution in [0.1, 0.15) is 36.3 Å². The van der Waals surface area contributed by atoms with Gasteiger partial charge in [-0.25, -0.2) is 14.6 Å². The molecule has 2 heterocycles. The van der Waals surface area contributed by atoms with Gasteiger partial charge in [0.15, 0.2) is 23.2 Å². The number of carboxylic acids is 2. The third-order valence-electron chi connectivity index (χ3n) is 8.36. The molecule has 48 heavy (non-hydrogen) atoms. The molecule has 1 aromatic heterocycles. The molecule has 4 aromatic carbocycles. The number of aliphatic carboxylic acids is 2. The maximum absolute atomic E-state index is 14.1. The van der Waals surface area contributed by atoms with Gasteiger partial charge < -0.3 is 34.1 Å². The van der Waals surface area contributed by atoms with Crippen LogP contribution >= 0.6 is 0 Å². The summed E-state index contributed by atoms with van der Waals surface area (Å²) < 4.78 is 17.0. The number of para-hydroxylation sites is 2. The van der Waals surface area contributed by atoms with Crippen molar-refractivity contribution in [2.45, 2.75) is 38.0 Å². The predicted octanol–water partition coefficient (Wildman–Crippen LogP) is 5.77. The highest BCUT2D eigenvalue weighted by Crippen LogP contribution is 2.38. The Balaban J connectivity index is 1.39. The molecule has 6 rings (SSSR count). The summed E-state index contributed by atoms with van der Waals surface area (Å²) in [5, 5.41) is 32.0. The van der Waals surface area contributed by atoms with E-state index in [4.69, 9.17) is 13.9 Å². The van der Waals surface area contributed by atoms with Crippen LogP contribution in [-0.4, -0.2) is 62.0 Å². The average Bonchev–Trinajstić information content (AvgIpc) is 3.73. The predicted molar refractivity (Wildman–Crippen MR) is 176 cm³/mol. The second-order valence-corrected chi connectivity index (χ2v) is 11.4. The lowest BCUT2D eigenvalue weighted by Gasteiger charge is -2.36. The molecule has 1 aliphatic heterocycles. The Bertz CT molecular complexity index is 2030. The van der Waals surface area contributed by atoms with Crippen LogP contribution in [0.4, 0.5) is 0 Å². The molecule has 1 aliphatic rings. The summed E-state index contributed by atoms with van der Waals surface area (Å²) >= 11 is 0. The lowest BCUT2D eigenvalue weighted by molar-refractivity contribution is -0.145. The number of aromatic nitrogens is 1. The zero-order chi connectivity index (χ0) is 33.8. The summed E-state index contributed by atoms with van der Waals surface area (Å²) in [6, 6.07) is 25.6. The van der Waals surface area contributed by atoms with E-state index in [2.05, 4.69) is 4.98 Å². The van der Waals surface area contributed by atoms with Crippen LogP contribution in [0.25, 0.3) is 27.9 Å². The number of allylic oxidation sites excluding steroid dienone is 1. The zero-order valence-electron chi connectivity index (χ0n) is 25.9. The number of ether oxygens (including phenoxy) is 2. The number of oxazole rings is 1. The average molecular weight is 649 g/mol. The Hall–Kier alpha value is -5.94. The Morgan fingerprint density at radius 1 is 0.917 bits per heavy atom. The molecule has 0 fully saturated rings. The highest BCUT2D eigenvalue weighted by Gasteiger charge is 2.36. The molecule has 3 atom stereocenters. The molecule has 11 heteroatoms. The number of carboxylic acid groups (broad SMARTS) is 2. The molecule has 0 saturated carbocycles. The molecule has 1 amide bonds. The van der Waals surface area contributed by atoms with Crippen molar-refractivity contribution in [2.75, 3.05) is 6.79 Å². The van der Waals surface area contributed by atoms with Crippen molar-refractivity contribution >= 4 is 45.8 Å². The number of aliphatic hydroxyl groups excluding tert-OH is 1. The number of benzene rings is 4. The number of hydrogen-bond acceptors (Lipinski definition) is 8. The minimum atomic E-state index is -2.24. The van der Waals surface area contributed by atoms with Gasteiger partial charge in [0, 0.05) is 24.6 Å². The molecule has 11 nitrogen and oxygen atoms in total. The molecule has 0 bridgehead atoms. The standard InChI is InChI=1S/C37H32N2O9/c1-22(27(26-15-16-31-32(18-26)47-21-46-31)9-6-12-33-38-29-10-4-5-11-30(29)48-33)39(36(43)35(42)28(37(44)45)19-34(40)41)20-23-13-14-24-7-2-3-8-25(24)17-23/h2-8,10-19,22,27,35,42H,9,20-21H2,1H3,(H,40,41)(H,44,45)/t22-,27+,35?/m1/s1. The van der Waals surface area contributed by atoms with Crippen LogP contribution in [0.15, 0.2) is 107 Å². The van der Waals surface area contributed by atoms with E-state index in [0.717, 1.165) is 21.9 Å². The topological polar surface area (TPSA) is 160 Å². The van der Waals surface area contributed by atoms with Gasteiger partial charge in [0.25, 0.3) is 5.91 Å². The fraction of sp³-hybridized carbons (Fsp3) is 0.189. The van der Waals surface area contributed by atoms with E-state index in [-0.39, 0.29) is 13.3 Å². The Kier molecular flexibility index (Phi) is 9.22. The maximum Gasteiger partial charge on any atom is 0.335 e. The van der Waals surface area contributed by atoms with Gasteiger partial charge in [0.05, 0.1) is 5.57 Å². The lowest BCUT2D eigenvalue weighted by Crippen LogP contribution is -2.47. The molecule has 0 radical (unpaired) electrons. The number of amides is 1. The van der Waals surface area contributed by atoms with E-state index < -0.39 is 41.5 Å². The van der Waals surface area contributed by atoms with E-state index in [9.17, 15) is 29.7 Å². The first-order chi connectivity index (χ1) is 23.2. The van der Waals surface area contributed by atoms with E-state index in [1.807, 2.05) is 84.9 Å². The molecule has 5 aromatic rings. The summed E-state index contributed by atoms with van der Waals surface area (Å²) in [6.45, 7) is 1.87. The van der Waals surface area contributed by atoms with Gasteiger partial charge in [-0.1, -0.05) is 60.7 Å². The number of fused-ring (bicyclic) bond motifs is 3. The van der Waals surface area contributed by atoms with Crippen molar-refractivity contribution in [3.63, 3.8) is 0 Å². The maximum atomic E-state index is 14.1. The van der Waals surface area contributed by atoms with E-state index in [0.29, 0.717) is 41.0 Å². The van der Waals surface area contributed by atoms with Crippen LogP contribution < -0.4 is 9.47 Å². The second-order valence-electron chi connectivity index (χ2n) is 11.4. The largest absolute Gasteiger partial charge is 0.478 e. The lowest BCUT2D eigenvalue weighted by atomic mass is 9.87. The van der Waals surface area contributed by atoms with Crippen LogP contribution in [0, 0.1) is 0 Å². The van der Waals surface area contributed by atoms with E-state index >= 15 is 0 Å². The number of carbonyl (C=O) groups is 3. The monoisotopic (exact) mass is 648 g/mol. The quantitative estimate of drug-likeness (QED) is 0.142.